The van der Waals surface area contributed by atoms with Crippen molar-refractivity contribution >= 4 is 5.97 Å². The zero-order valence-electron chi connectivity index (χ0n) is 9.58. The third-order valence-corrected chi connectivity index (χ3v) is 2.31. The summed E-state index contributed by atoms with van der Waals surface area (Å²) < 4.78 is 1.69. The van der Waals surface area contributed by atoms with Crippen LogP contribution >= 0.6 is 0 Å². The fourth-order valence-corrected chi connectivity index (χ4v) is 1.55. The van der Waals surface area contributed by atoms with Gasteiger partial charge in [0.05, 0.1) is 0 Å². The summed E-state index contributed by atoms with van der Waals surface area (Å²) in [6.07, 6.45) is 4.09. The Morgan fingerprint density at radius 2 is 2.24 bits per heavy atom. The van der Waals surface area contributed by atoms with Crippen molar-refractivity contribution in [2.75, 3.05) is 0 Å². The van der Waals surface area contributed by atoms with Crippen LogP contribution in [-0.4, -0.2) is 30.6 Å². The van der Waals surface area contributed by atoms with Gasteiger partial charge in [-0.3, -0.25) is 4.57 Å². The molecule has 0 unspecified atom stereocenters. The van der Waals surface area contributed by atoms with E-state index in [4.69, 9.17) is 5.11 Å². The summed E-state index contributed by atoms with van der Waals surface area (Å²) in [5, 5.41) is 8.94. The van der Waals surface area contributed by atoms with Crippen molar-refractivity contribution in [3.63, 3.8) is 0 Å². The molecular weight excluding hydrogens is 220 g/mol. The Kier molecular flexibility index (Phi) is 2.86. The zero-order chi connectivity index (χ0) is 12.4. The maximum absolute atomic E-state index is 10.9. The van der Waals surface area contributed by atoms with Gasteiger partial charge in [0.25, 0.3) is 0 Å². The van der Waals surface area contributed by atoms with Gasteiger partial charge in [0.15, 0.2) is 5.69 Å². The van der Waals surface area contributed by atoms with Gasteiger partial charge in [-0.05, 0) is 13.0 Å². The summed E-state index contributed by atoms with van der Waals surface area (Å²) in [6, 6.07) is 1.44. The molecule has 0 atom stereocenters. The minimum absolute atomic E-state index is 0.0109. The number of carbonyl (C=O) groups is 1. The first-order chi connectivity index (χ1) is 8.11. The fraction of sp³-hybridized carbons (Fsp3) is 0.273. The van der Waals surface area contributed by atoms with Crippen LogP contribution in [0.4, 0.5) is 0 Å². The molecule has 17 heavy (non-hydrogen) atoms. The monoisotopic (exact) mass is 232 g/mol. The van der Waals surface area contributed by atoms with Crippen LogP contribution in [-0.2, 0) is 6.42 Å². The zero-order valence-corrected chi connectivity index (χ0v) is 9.58. The molecule has 2 heterocycles. The van der Waals surface area contributed by atoms with Crippen molar-refractivity contribution in [1.82, 2.24) is 19.5 Å². The minimum atomic E-state index is -1.06. The molecule has 2 aromatic rings. The smallest absolute Gasteiger partial charge is 0.354 e. The van der Waals surface area contributed by atoms with Crippen LogP contribution in [0.3, 0.4) is 0 Å². The Morgan fingerprint density at radius 3 is 2.88 bits per heavy atom. The molecule has 0 aromatic carbocycles. The largest absolute Gasteiger partial charge is 0.477 e. The molecule has 6 nitrogen and oxygen atoms in total. The van der Waals surface area contributed by atoms with E-state index in [1.807, 2.05) is 6.92 Å². The minimum Gasteiger partial charge on any atom is -0.477 e. The van der Waals surface area contributed by atoms with Gasteiger partial charge in [-0.15, -0.1) is 0 Å². The molecule has 2 aromatic heterocycles. The van der Waals surface area contributed by atoms with E-state index in [1.54, 1.807) is 23.9 Å². The van der Waals surface area contributed by atoms with E-state index in [0.29, 0.717) is 11.6 Å². The number of imidazole rings is 1. The summed E-state index contributed by atoms with van der Waals surface area (Å²) in [4.78, 5) is 23.3. The summed E-state index contributed by atoms with van der Waals surface area (Å²) in [7, 11) is 0. The maximum atomic E-state index is 10.9. The number of hydrogen-bond acceptors (Lipinski definition) is 4. The number of nitrogens with zero attached hydrogens (tertiary/aromatic N) is 4. The first-order valence-electron chi connectivity index (χ1n) is 5.23. The molecular formula is C11H12N4O2. The summed E-state index contributed by atoms with van der Waals surface area (Å²) in [5.41, 5.74) is 0.603. The van der Waals surface area contributed by atoms with Crippen LogP contribution in [0.25, 0.3) is 5.95 Å². The third kappa shape index (κ3) is 2.15. The predicted molar refractivity (Wildman–Crippen MR) is 60.2 cm³/mol. The third-order valence-electron chi connectivity index (χ3n) is 2.31. The van der Waals surface area contributed by atoms with Crippen LogP contribution < -0.4 is 0 Å². The molecule has 2 rings (SSSR count). The highest BCUT2D eigenvalue weighted by molar-refractivity contribution is 5.85. The lowest BCUT2D eigenvalue weighted by atomic mass is 10.3. The molecule has 0 aliphatic heterocycles. The Bertz CT molecular complexity index is 562. The summed E-state index contributed by atoms with van der Waals surface area (Å²) in [5.74, 6) is 0.0820. The molecule has 0 aliphatic rings. The molecule has 0 fully saturated rings. The van der Waals surface area contributed by atoms with E-state index in [-0.39, 0.29) is 5.69 Å². The van der Waals surface area contributed by atoms with Crippen molar-refractivity contribution in [3.05, 3.63) is 35.7 Å². The predicted octanol–water partition coefficient (Wildman–Crippen LogP) is 1.23. The van der Waals surface area contributed by atoms with Crippen molar-refractivity contribution in [3.8, 4) is 5.95 Å². The lowest BCUT2D eigenvalue weighted by Gasteiger charge is -2.06. The van der Waals surface area contributed by atoms with Crippen LogP contribution in [0.1, 0.15) is 28.9 Å². The Hall–Kier alpha value is -2.24. The normalized spacial score (nSPS) is 10.5. The van der Waals surface area contributed by atoms with Crippen molar-refractivity contribution in [2.24, 2.45) is 0 Å². The molecule has 88 valence electrons. The van der Waals surface area contributed by atoms with Gasteiger partial charge < -0.3 is 5.11 Å². The van der Waals surface area contributed by atoms with Gasteiger partial charge in [-0.1, -0.05) is 6.92 Å². The van der Waals surface area contributed by atoms with Gasteiger partial charge in [0.2, 0.25) is 5.95 Å². The molecule has 0 radical (unpaired) electrons. The average Bonchev–Trinajstić information content (AvgIpc) is 2.76. The Morgan fingerprint density at radius 1 is 1.47 bits per heavy atom. The van der Waals surface area contributed by atoms with E-state index in [2.05, 4.69) is 15.0 Å². The molecule has 0 aliphatic carbocycles. The van der Waals surface area contributed by atoms with Crippen molar-refractivity contribution < 1.29 is 9.90 Å². The fourth-order valence-electron chi connectivity index (χ4n) is 1.55. The average molecular weight is 232 g/mol. The molecule has 1 N–H and O–H groups in total. The SMILES string of the molecule is CCc1nccn1-c1nc(C)cc(C(=O)O)n1. The van der Waals surface area contributed by atoms with Gasteiger partial charge in [-0.2, -0.15) is 0 Å². The lowest BCUT2D eigenvalue weighted by Crippen LogP contribution is -2.10. The Balaban J connectivity index is 2.56. The van der Waals surface area contributed by atoms with E-state index in [1.165, 1.54) is 6.07 Å². The van der Waals surface area contributed by atoms with E-state index in [9.17, 15) is 4.79 Å². The summed E-state index contributed by atoms with van der Waals surface area (Å²) >= 11 is 0. The number of aryl methyl sites for hydroxylation is 2. The second-order valence-electron chi connectivity index (χ2n) is 3.57. The van der Waals surface area contributed by atoms with Gasteiger partial charge in [0, 0.05) is 24.5 Å². The molecule has 0 saturated heterocycles. The summed E-state index contributed by atoms with van der Waals surface area (Å²) in [6.45, 7) is 3.70. The van der Waals surface area contributed by atoms with Crippen molar-refractivity contribution in [2.45, 2.75) is 20.3 Å². The maximum Gasteiger partial charge on any atom is 0.354 e. The number of aromatic nitrogens is 4. The Labute approximate surface area is 98.0 Å². The second-order valence-corrected chi connectivity index (χ2v) is 3.57. The number of carboxylic acid groups (broad SMARTS) is 1. The molecule has 0 spiro atoms. The van der Waals surface area contributed by atoms with Crippen LogP contribution in [0, 0.1) is 6.92 Å². The molecule has 0 amide bonds. The van der Waals surface area contributed by atoms with Crippen molar-refractivity contribution in [1.29, 1.82) is 0 Å². The standard InChI is InChI=1S/C11H12N4O2/c1-3-9-12-4-5-15(9)11-13-7(2)6-8(14-11)10(16)17/h4-6H,3H2,1-2H3,(H,16,17). The number of hydrogen-bond donors (Lipinski definition) is 1. The van der Waals surface area contributed by atoms with E-state index >= 15 is 0 Å². The van der Waals surface area contributed by atoms with Gasteiger partial charge >= 0.3 is 5.97 Å². The van der Waals surface area contributed by atoms with E-state index < -0.39 is 5.97 Å². The highest BCUT2D eigenvalue weighted by Gasteiger charge is 2.11. The number of carboxylic acids is 1. The van der Waals surface area contributed by atoms with Gasteiger partial charge in [-0.25, -0.2) is 19.7 Å². The topological polar surface area (TPSA) is 80.9 Å². The molecule has 6 heteroatoms. The first kappa shape index (κ1) is 11.3. The molecule has 0 bridgehead atoms. The second kappa shape index (κ2) is 4.32. The highest BCUT2D eigenvalue weighted by Crippen LogP contribution is 2.09. The quantitative estimate of drug-likeness (QED) is 0.860. The number of rotatable bonds is 3. The van der Waals surface area contributed by atoms with Crippen LogP contribution in [0.5, 0.6) is 0 Å². The van der Waals surface area contributed by atoms with Gasteiger partial charge in [0.1, 0.15) is 5.82 Å². The highest BCUT2D eigenvalue weighted by atomic mass is 16.4. The molecule has 0 saturated carbocycles. The van der Waals surface area contributed by atoms with Crippen LogP contribution in [0.15, 0.2) is 18.5 Å². The number of aromatic carboxylic acids is 1. The first-order valence-corrected chi connectivity index (χ1v) is 5.23. The van der Waals surface area contributed by atoms with Crippen LogP contribution in [0.2, 0.25) is 0 Å². The van der Waals surface area contributed by atoms with E-state index in [0.717, 1.165) is 12.2 Å². The lowest BCUT2D eigenvalue weighted by molar-refractivity contribution is 0.0690.